The number of para-hydroxylation sites is 2. The van der Waals surface area contributed by atoms with Gasteiger partial charge in [-0.2, -0.15) is 0 Å². The number of nitrogens with two attached hydrogens (primary N) is 1. The Bertz CT molecular complexity index is 529. The number of carbonyl (C=O) groups is 1. The second-order valence-corrected chi connectivity index (χ2v) is 4.41. The number of hydrogen-bond acceptors (Lipinski definition) is 3. The van der Waals surface area contributed by atoms with Gasteiger partial charge in [-0.25, -0.2) is 4.98 Å². The Labute approximate surface area is 98.6 Å². The van der Waals surface area contributed by atoms with Crippen molar-refractivity contribution in [1.29, 1.82) is 0 Å². The number of hydrogen-bond donors (Lipinski definition) is 2. The largest absolute Gasteiger partial charge is 0.369 e. The van der Waals surface area contributed by atoms with Gasteiger partial charge in [0.05, 0.1) is 17.0 Å². The van der Waals surface area contributed by atoms with Gasteiger partial charge in [0.1, 0.15) is 0 Å². The number of nitrogens with one attached hydrogen (secondary N) is 1. The zero-order valence-corrected chi connectivity index (χ0v) is 9.39. The molecule has 0 bridgehead atoms. The topological polar surface area (TPSA) is 75.0 Å². The van der Waals surface area contributed by atoms with Crippen LogP contribution in [0.3, 0.4) is 0 Å². The number of aromatic nitrogens is 2. The van der Waals surface area contributed by atoms with Crippen LogP contribution in [0.15, 0.2) is 24.3 Å². The number of benzene rings is 1. The van der Waals surface area contributed by atoms with Gasteiger partial charge in [-0.1, -0.05) is 12.1 Å². The van der Waals surface area contributed by atoms with Crippen LogP contribution in [-0.4, -0.2) is 29.0 Å². The molecular weight excluding hydrogens is 216 g/mol. The van der Waals surface area contributed by atoms with E-state index in [1.54, 1.807) is 0 Å². The van der Waals surface area contributed by atoms with Crippen molar-refractivity contribution >= 4 is 22.9 Å². The van der Waals surface area contributed by atoms with Crippen molar-refractivity contribution in [3.63, 3.8) is 0 Å². The number of carbonyl (C=O) groups excluding carboxylic acids is 1. The van der Waals surface area contributed by atoms with Crippen LogP contribution in [0.25, 0.3) is 11.0 Å². The van der Waals surface area contributed by atoms with Gasteiger partial charge in [-0.05, 0) is 18.6 Å². The fourth-order valence-corrected chi connectivity index (χ4v) is 2.27. The fourth-order valence-electron chi connectivity index (χ4n) is 2.27. The lowest BCUT2D eigenvalue weighted by Gasteiger charge is -2.13. The van der Waals surface area contributed by atoms with E-state index in [1.165, 1.54) is 0 Å². The Balaban J connectivity index is 1.87. The summed E-state index contributed by atoms with van der Waals surface area (Å²) in [6, 6.07) is 7.90. The van der Waals surface area contributed by atoms with E-state index in [-0.39, 0.29) is 11.8 Å². The van der Waals surface area contributed by atoms with Gasteiger partial charge in [-0.15, -0.1) is 0 Å². The minimum atomic E-state index is -0.219. The van der Waals surface area contributed by atoms with Crippen molar-refractivity contribution in [3.8, 4) is 0 Å². The molecule has 1 saturated heterocycles. The van der Waals surface area contributed by atoms with E-state index in [1.807, 2.05) is 24.3 Å². The first-order valence-electron chi connectivity index (χ1n) is 5.73. The summed E-state index contributed by atoms with van der Waals surface area (Å²) in [7, 11) is 0. The molecule has 88 valence electrons. The molecular formula is C12H14N4O. The van der Waals surface area contributed by atoms with Crippen LogP contribution in [0.5, 0.6) is 0 Å². The Morgan fingerprint density at radius 3 is 3.00 bits per heavy atom. The van der Waals surface area contributed by atoms with Gasteiger partial charge in [0, 0.05) is 13.1 Å². The van der Waals surface area contributed by atoms with Crippen LogP contribution in [0.2, 0.25) is 0 Å². The highest BCUT2D eigenvalue weighted by atomic mass is 16.1. The zero-order chi connectivity index (χ0) is 11.8. The number of fused-ring (bicyclic) bond motifs is 1. The summed E-state index contributed by atoms with van der Waals surface area (Å²) in [5.74, 6) is 0.557. The molecule has 1 amide bonds. The summed E-state index contributed by atoms with van der Waals surface area (Å²) >= 11 is 0. The first-order chi connectivity index (χ1) is 8.24. The van der Waals surface area contributed by atoms with Gasteiger partial charge in [-0.3, -0.25) is 4.79 Å². The average molecular weight is 230 g/mol. The minimum absolute atomic E-state index is 0.0526. The predicted molar refractivity (Wildman–Crippen MR) is 65.6 cm³/mol. The number of amides is 1. The number of aromatic amines is 1. The van der Waals surface area contributed by atoms with Gasteiger partial charge in [0.15, 0.2) is 0 Å². The number of anilines is 1. The maximum absolute atomic E-state index is 11.1. The molecule has 5 nitrogen and oxygen atoms in total. The molecule has 5 heteroatoms. The first-order valence-corrected chi connectivity index (χ1v) is 5.73. The maximum atomic E-state index is 11.1. The van der Waals surface area contributed by atoms with Crippen molar-refractivity contribution in [2.45, 2.75) is 6.42 Å². The highest BCUT2D eigenvalue weighted by Crippen LogP contribution is 2.23. The SMILES string of the molecule is NC(=O)C1CCN(c2nc3ccccc3[nH]2)C1. The minimum Gasteiger partial charge on any atom is -0.369 e. The molecule has 17 heavy (non-hydrogen) atoms. The van der Waals surface area contributed by atoms with E-state index in [0.29, 0.717) is 6.54 Å². The number of nitrogens with zero attached hydrogens (tertiary/aromatic N) is 2. The number of imidazole rings is 1. The highest BCUT2D eigenvalue weighted by molar-refractivity contribution is 5.79. The molecule has 0 spiro atoms. The summed E-state index contributed by atoms with van der Waals surface area (Å²) in [4.78, 5) is 21.0. The lowest BCUT2D eigenvalue weighted by atomic mass is 10.1. The molecule has 1 aliphatic heterocycles. The molecule has 1 fully saturated rings. The van der Waals surface area contributed by atoms with Gasteiger partial charge in [0.25, 0.3) is 0 Å². The summed E-state index contributed by atoms with van der Waals surface area (Å²) in [6.45, 7) is 1.49. The second kappa shape index (κ2) is 3.76. The van der Waals surface area contributed by atoms with Crippen LogP contribution >= 0.6 is 0 Å². The molecule has 0 aliphatic carbocycles. The van der Waals surface area contributed by atoms with E-state index in [9.17, 15) is 4.79 Å². The molecule has 0 saturated carbocycles. The molecule has 2 aromatic rings. The van der Waals surface area contributed by atoms with E-state index in [2.05, 4.69) is 14.9 Å². The molecule has 1 unspecified atom stereocenters. The van der Waals surface area contributed by atoms with Crippen LogP contribution in [0, 0.1) is 5.92 Å². The Kier molecular flexibility index (Phi) is 2.24. The molecule has 1 aliphatic rings. The van der Waals surface area contributed by atoms with Crippen LogP contribution in [0.1, 0.15) is 6.42 Å². The van der Waals surface area contributed by atoms with Crippen molar-refractivity contribution < 1.29 is 4.79 Å². The smallest absolute Gasteiger partial charge is 0.222 e. The average Bonchev–Trinajstić information content (AvgIpc) is 2.95. The van der Waals surface area contributed by atoms with Crippen LogP contribution in [0.4, 0.5) is 5.95 Å². The quantitative estimate of drug-likeness (QED) is 0.804. The van der Waals surface area contributed by atoms with E-state index < -0.39 is 0 Å². The summed E-state index contributed by atoms with van der Waals surface area (Å²) in [5.41, 5.74) is 7.28. The van der Waals surface area contributed by atoms with Crippen molar-refractivity contribution in [2.24, 2.45) is 11.7 Å². The standard InChI is InChI=1S/C12H14N4O/c13-11(17)8-5-6-16(7-8)12-14-9-3-1-2-4-10(9)15-12/h1-4,8H,5-7H2,(H2,13,17)(H,14,15). The third-order valence-electron chi connectivity index (χ3n) is 3.27. The summed E-state index contributed by atoms with van der Waals surface area (Å²) < 4.78 is 0. The van der Waals surface area contributed by atoms with Crippen LogP contribution < -0.4 is 10.6 Å². The third kappa shape index (κ3) is 1.73. The highest BCUT2D eigenvalue weighted by Gasteiger charge is 2.28. The van der Waals surface area contributed by atoms with Crippen molar-refractivity contribution in [3.05, 3.63) is 24.3 Å². The van der Waals surface area contributed by atoms with Crippen molar-refractivity contribution in [2.75, 3.05) is 18.0 Å². The zero-order valence-electron chi connectivity index (χ0n) is 9.39. The van der Waals surface area contributed by atoms with E-state index in [4.69, 9.17) is 5.73 Å². The predicted octanol–water partition coefficient (Wildman–Crippen LogP) is 0.874. The molecule has 1 aromatic carbocycles. The van der Waals surface area contributed by atoms with Crippen LogP contribution in [-0.2, 0) is 4.79 Å². The molecule has 1 atom stereocenters. The molecule has 2 heterocycles. The molecule has 3 N–H and O–H groups in total. The van der Waals surface area contributed by atoms with E-state index >= 15 is 0 Å². The van der Waals surface area contributed by atoms with Gasteiger partial charge >= 0.3 is 0 Å². The van der Waals surface area contributed by atoms with Crippen molar-refractivity contribution in [1.82, 2.24) is 9.97 Å². The third-order valence-corrected chi connectivity index (χ3v) is 3.27. The van der Waals surface area contributed by atoms with Gasteiger partial charge < -0.3 is 15.6 Å². The summed E-state index contributed by atoms with van der Waals surface area (Å²) in [6.07, 6.45) is 0.812. The fraction of sp³-hybridized carbons (Fsp3) is 0.333. The Morgan fingerprint density at radius 2 is 2.29 bits per heavy atom. The summed E-state index contributed by atoms with van der Waals surface area (Å²) in [5, 5.41) is 0. The lowest BCUT2D eigenvalue weighted by Crippen LogP contribution is -2.27. The molecule has 1 aromatic heterocycles. The Morgan fingerprint density at radius 1 is 1.47 bits per heavy atom. The first kappa shape index (κ1) is 10.1. The molecule has 3 rings (SSSR count). The number of primary amides is 1. The lowest BCUT2D eigenvalue weighted by molar-refractivity contribution is -0.121. The number of H-pyrrole nitrogens is 1. The maximum Gasteiger partial charge on any atom is 0.222 e. The second-order valence-electron chi connectivity index (χ2n) is 4.41. The normalized spacial score (nSPS) is 20.0. The molecule has 0 radical (unpaired) electrons. The Hall–Kier alpha value is -2.04. The monoisotopic (exact) mass is 230 g/mol. The van der Waals surface area contributed by atoms with Gasteiger partial charge in [0.2, 0.25) is 11.9 Å². The number of rotatable bonds is 2. The van der Waals surface area contributed by atoms with E-state index in [0.717, 1.165) is 29.9 Å².